The van der Waals surface area contributed by atoms with Crippen molar-refractivity contribution < 1.29 is 23.5 Å². The third kappa shape index (κ3) is 3.65. The maximum Gasteiger partial charge on any atom is 0.339 e. The topological polar surface area (TPSA) is 61.8 Å². The van der Waals surface area contributed by atoms with Gasteiger partial charge in [0.15, 0.2) is 8.32 Å². The number of fused-ring (bicyclic) bond motifs is 2. The summed E-state index contributed by atoms with van der Waals surface area (Å²) in [5.74, 6) is 0.134. The largest absolute Gasteiger partial charge is 0.456 e. The van der Waals surface area contributed by atoms with Gasteiger partial charge in [-0.2, -0.15) is 0 Å². The van der Waals surface area contributed by atoms with E-state index in [1.165, 1.54) is 6.92 Å². The first-order valence-corrected chi connectivity index (χ1v) is 13.3. The van der Waals surface area contributed by atoms with Gasteiger partial charge < -0.3 is 13.9 Å². The lowest BCUT2D eigenvalue weighted by Crippen LogP contribution is -2.55. The lowest BCUT2D eigenvalue weighted by Gasteiger charge is -2.51. The van der Waals surface area contributed by atoms with Crippen LogP contribution in [0, 0.1) is 11.3 Å². The van der Waals surface area contributed by atoms with Crippen molar-refractivity contribution in [1.29, 1.82) is 0 Å². The molecule has 0 spiro atoms. The maximum absolute atomic E-state index is 12.1. The average Bonchev–Trinajstić information content (AvgIpc) is 2.83. The first-order chi connectivity index (χ1) is 13.2. The molecule has 0 fully saturated rings. The summed E-state index contributed by atoms with van der Waals surface area (Å²) in [7, 11) is -2.09. The van der Waals surface area contributed by atoms with E-state index in [-0.39, 0.29) is 34.4 Å². The van der Waals surface area contributed by atoms with Crippen LogP contribution < -0.4 is 0 Å². The van der Waals surface area contributed by atoms with Gasteiger partial charge in [0.25, 0.3) is 0 Å². The van der Waals surface area contributed by atoms with Gasteiger partial charge in [0.05, 0.1) is 6.10 Å². The molecular weight excluding hydrogens is 384 g/mol. The van der Waals surface area contributed by atoms with Crippen LogP contribution in [-0.2, 0) is 23.5 Å². The molecule has 2 aliphatic carbocycles. The van der Waals surface area contributed by atoms with Crippen molar-refractivity contribution >= 4 is 20.3 Å². The van der Waals surface area contributed by atoms with Crippen molar-refractivity contribution in [1.82, 2.24) is 0 Å². The van der Waals surface area contributed by atoms with E-state index in [9.17, 15) is 9.59 Å². The zero-order chi connectivity index (χ0) is 21.9. The molecular formula is C23H34O5Si. The Hall–Kier alpha value is -1.66. The van der Waals surface area contributed by atoms with Crippen LogP contribution >= 0.6 is 0 Å². The van der Waals surface area contributed by atoms with E-state index in [2.05, 4.69) is 47.7 Å². The van der Waals surface area contributed by atoms with E-state index >= 15 is 0 Å². The Morgan fingerprint density at radius 2 is 1.93 bits per heavy atom. The van der Waals surface area contributed by atoms with Gasteiger partial charge in [-0.15, -0.1) is 0 Å². The van der Waals surface area contributed by atoms with Gasteiger partial charge in [-0.3, -0.25) is 4.79 Å². The minimum atomic E-state index is -2.09. The molecule has 0 aromatic heterocycles. The molecule has 0 amide bonds. The molecule has 6 heteroatoms. The second-order valence-electron chi connectivity index (χ2n) is 10.4. The molecule has 1 heterocycles. The van der Waals surface area contributed by atoms with Crippen LogP contribution in [0.15, 0.2) is 34.6 Å². The van der Waals surface area contributed by atoms with Gasteiger partial charge in [-0.1, -0.05) is 34.6 Å². The van der Waals surface area contributed by atoms with Gasteiger partial charge in [-0.25, -0.2) is 4.79 Å². The maximum atomic E-state index is 12.1. The van der Waals surface area contributed by atoms with Crippen LogP contribution in [-0.4, -0.2) is 32.5 Å². The third-order valence-corrected chi connectivity index (χ3v) is 11.9. The lowest BCUT2D eigenvalue weighted by atomic mass is 9.60. The Balaban J connectivity index is 2.07. The third-order valence-electron chi connectivity index (χ3n) is 7.45. The lowest BCUT2D eigenvalue weighted by molar-refractivity contribution is -0.152. The van der Waals surface area contributed by atoms with Crippen molar-refractivity contribution in [2.24, 2.45) is 11.3 Å². The molecule has 0 aromatic carbocycles. The predicted octanol–water partition coefficient (Wildman–Crippen LogP) is 5.05. The molecule has 0 radical (unpaired) electrons. The molecule has 0 saturated heterocycles. The monoisotopic (exact) mass is 418 g/mol. The zero-order valence-corrected chi connectivity index (χ0v) is 20.1. The fraction of sp³-hybridized carbons (Fsp3) is 0.652. The summed E-state index contributed by atoms with van der Waals surface area (Å²) in [6.45, 7) is 18.7. The Morgan fingerprint density at radius 1 is 1.31 bits per heavy atom. The predicted molar refractivity (Wildman–Crippen MR) is 114 cm³/mol. The Labute approximate surface area is 175 Å². The van der Waals surface area contributed by atoms with Gasteiger partial charge in [-0.05, 0) is 55.1 Å². The highest BCUT2D eigenvalue weighted by molar-refractivity contribution is 6.74. The molecule has 3 rings (SSSR count). The van der Waals surface area contributed by atoms with Gasteiger partial charge in [0.2, 0.25) is 0 Å². The number of esters is 2. The van der Waals surface area contributed by atoms with Gasteiger partial charge >= 0.3 is 11.9 Å². The zero-order valence-electron chi connectivity index (χ0n) is 19.1. The smallest absolute Gasteiger partial charge is 0.339 e. The Morgan fingerprint density at radius 3 is 2.48 bits per heavy atom. The Bertz CT molecular complexity index is 842. The molecule has 1 aliphatic heterocycles. The van der Waals surface area contributed by atoms with Crippen LogP contribution in [0.3, 0.4) is 0 Å². The number of allylic oxidation sites excluding steroid dienone is 3. The summed E-state index contributed by atoms with van der Waals surface area (Å²) in [4.78, 5) is 23.9. The van der Waals surface area contributed by atoms with Gasteiger partial charge in [0, 0.05) is 23.5 Å². The van der Waals surface area contributed by atoms with Crippen molar-refractivity contribution in [2.45, 2.75) is 85.2 Å². The highest BCUT2D eigenvalue weighted by atomic mass is 28.4. The summed E-state index contributed by atoms with van der Waals surface area (Å²) >= 11 is 0. The second kappa shape index (κ2) is 6.95. The molecule has 0 N–H and O–H groups in total. The van der Waals surface area contributed by atoms with Crippen molar-refractivity contribution in [3.8, 4) is 0 Å². The number of rotatable bonds is 3. The van der Waals surface area contributed by atoms with Crippen LogP contribution in [0.5, 0.6) is 0 Å². The quantitative estimate of drug-likeness (QED) is 0.474. The fourth-order valence-corrected chi connectivity index (χ4v) is 5.59. The summed E-state index contributed by atoms with van der Waals surface area (Å²) < 4.78 is 18.0. The second-order valence-corrected chi connectivity index (χ2v) is 15.2. The first-order valence-electron chi connectivity index (χ1n) is 10.4. The Kier molecular flexibility index (Phi) is 5.28. The minimum Gasteiger partial charge on any atom is -0.456 e. The molecule has 160 valence electrons. The number of ether oxygens (including phenoxy) is 2. The van der Waals surface area contributed by atoms with Crippen LogP contribution in [0.4, 0.5) is 0 Å². The number of carbonyl (C=O) groups excluding carboxylic acids is 2. The molecule has 29 heavy (non-hydrogen) atoms. The van der Waals surface area contributed by atoms with Crippen LogP contribution in [0.25, 0.3) is 0 Å². The van der Waals surface area contributed by atoms with Crippen molar-refractivity contribution in [2.75, 3.05) is 0 Å². The van der Waals surface area contributed by atoms with E-state index in [1.807, 2.05) is 19.1 Å². The molecule has 0 bridgehead atoms. The molecule has 4 atom stereocenters. The summed E-state index contributed by atoms with van der Waals surface area (Å²) in [6.07, 6.45) is 3.98. The van der Waals surface area contributed by atoms with Crippen LogP contribution in [0.1, 0.15) is 54.9 Å². The number of hydrogen-bond donors (Lipinski definition) is 0. The molecule has 0 aromatic rings. The highest BCUT2D eigenvalue weighted by Gasteiger charge is 2.53. The first kappa shape index (κ1) is 22.0. The van der Waals surface area contributed by atoms with E-state index in [1.54, 1.807) is 0 Å². The van der Waals surface area contributed by atoms with E-state index in [0.29, 0.717) is 17.8 Å². The van der Waals surface area contributed by atoms with Crippen LogP contribution in [0.2, 0.25) is 18.1 Å². The molecule has 0 unspecified atom stereocenters. The summed E-state index contributed by atoms with van der Waals surface area (Å²) in [5, 5.41) is 0.0445. The molecule has 3 aliphatic rings. The van der Waals surface area contributed by atoms with E-state index in [4.69, 9.17) is 13.9 Å². The molecule has 5 nitrogen and oxygen atoms in total. The number of carbonyl (C=O) groups is 2. The van der Waals surface area contributed by atoms with E-state index in [0.717, 1.165) is 11.1 Å². The highest BCUT2D eigenvalue weighted by Crippen LogP contribution is 2.55. The SMILES string of the molecule is CC(=O)O[C@H]1C=C2C=C3OC(=O)C(C)=C3C[C@]2(C)[C@@H](C)[C@H]1O[Si](C)(C)C(C)(C)C. The minimum absolute atomic E-state index is 0.0445. The summed E-state index contributed by atoms with van der Waals surface area (Å²) in [5.41, 5.74) is 2.50. The fourth-order valence-electron chi connectivity index (χ4n) is 4.22. The van der Waals surface area contributed by atoms with E-state index < -0.39 is 14.4 Å². The summed E-state index contributed by atoms with van der Waals surface area (Å²) in [6, 6.07) is 0. The standard InChI is InChI=1S/C23H34O5Si/c1-13-17-12-23(7)14(2)20(28-29(8,9)22(4,5)6)19(26-15(3)24)11-16(23)10-18(17)27-21(13)25/h10-11,14,19-20H,12H2,1-9H3/t14-,19-,20+,23+/m0/s1. The number of hydrogen-bond acceptors (Lipinski definition) is 5. The normalized spacial score (nSPS) is 32.2. The molecule has 0 saturated carbocycles. The van der Waals surface area contributed by atoms with Gasteiger partial charge in [0.1, 0.15) is 11.9 Å². The van der Waals surface area contributed by atoms with Crippen molar-refractivity contribution in [3.63, 3.8) is 0 Å². The average molecular weight is 419 g/mol. The van der Waals surface area contributed by atoms with Crippen molar-refractivity contribution in [3.05, 3.63) is 34.6 Å².